The molecule has 0 spiro atoms. The molecule has 0 radical (unpaired) electrons. The van der Waals surface area contributed by atoms with Crippen molar-refractivity contribution in [3.8, 4) is 0 Å². The summed E-state index contributed by atoms with van der Waals surface area (Å²) in [7, 11) is 0. The van der Waals surface area contributed by atoms with Crippen molar-refractivity contribution in [1.82, 2.24) is 5.32 Å². The lowest BCUT2D eigenvalue weighted by Gasteiger charge is -2.23. The lowest BCUT2D eigenvalue weighted by atomic mass is 10.0. The Balaban J connectivity index is 2.80. The molecule has 0 saturated heterocycles. The number of carboxylic acid groups (broad SMARTS) is 1. The number of halogens is 2. The first-order valence-electron chi connectivity index (χ1n) is 6.71. The first-order valence-corrected chi connectivity index (χ1v) is 6.71. The van der Waals surface area contributed by atoms with Crippen LogP contribution in [-0.2, 0) is 16.0 Å². The fourth-order valence-electron chi connectivity index (χ4n) is 1.87. The van der Waals surface area contributed by atoms with Crippen molar-refractivity contribution in [2.45, 2.75) is 45.3 Å². The third-order valence-electron chi connectivity index (χ3n) is 2.55. The minimum Gasteiger partial charge on any atom is -0.481 e. The van der Waals surface area contributed by atoms with Gasteiger partial charge in [0, 0.05) is 12.1 Å². The van der Waals surface area contributed by atoms with Crippen molar-refractivity contribution in [1.29, 1.82) is 0 Å². The summed E-state index contributed by atoms with van der Waals surface area (Å²) in [5.41, 5.74) is -0.483. The topological polar surface area (TPSA) is 75.6 Å². The van der Waals surface area contributed by atoms with Gasteiger partial charge in [-0.05, 0) is 44.9 Å². The number of hydrogen-bond acceptors (Lipinski definition) is 3. The minimum absolute atomic E-state index is 0.0276. The highest BCUT2D eigenvalue weighted by atomic mass is 19.1. The molecule has 0 aliphatic carbocycles. The van der Waals surface area contributed by atoms with E-state index < -0.39 is 41.8 Å². The van der Waals surface area contributed by atoms with E-state index in [1.165, 1.54) is 0 Å². The molecule has 1 amide bonds. The Morgan fingerprint density at radius 2 is 1.77 bits per heavy atom. The molecule has 1 aromatic carbocycles. The molecule has 1 unspecified atom stereocenters. The van der Waals surface area contributed by atoms with Gasteiger partial charge in [0.2, 0.25) is 0 Å². The van der Waals surface area contributed by atoms with Gasteiger partial charge in [-0.25, -0.2) is 13.6 Å². The average Bonchev–Trinajstić information content (AvgIpc) is 2.22. The number of nitrogens with one attached hydrogen (secondary N) is 1. The van der Waals surface area contributed by atoms with E-state index in [1.807, 2.05) is 0 Å². The van der Waals surface area contributed by atoms with Crippen molar-refractivity contribution in [2.75, 3.05) is 0 Å². The third-order valence-corrected chi connectivity index (χ3v) is 2.55. The van der Waals surface area contributed by atoms with Crippen LogP contribution in [0.4, 0.5) is 13.6 Å². The van der Waals surface area contributed by atoms with Crippen LogP contribution in [0.15, 0.2) is 18.2 Å². The second-order valence-corrected chi connectivity index (χ2v) is 5.92. The van der Waals surface area contributed by atoms with Crippen LogP contribution in [0.2, 0.25) is 0 Å². The Kier molecular flexibility index (Phi) is 5.84. The summed E-state index contributed by atoms with van der Waals surface area (Å²) >= 11 is 0. The molecule has 0 saturated carbocycles. The number of alkyl carbamates (subject to hydrolysis) is 1. The van der Waals surface area contributed by atoms with Crippen molar-refractivity contribution in [3.05, 3.63) is 35.4 Å². The lowest BCUT2D eigenvalue weighted by molar-refractivity contribution is -0.137. The second kappa shape index (κ2) is 7.20. The van der Waals surface area contributed by atoms with Gasteiger partial charge in [-0.3, -0.25) is 4.79 Å². The smallest absolute Gasteiger partial charge is 0.407 e. The number of carboxylic acids is 1. The van der Waals surface area contributed by atoms with E-state index in [2.05, 4.69) is 5.32 Å². The normalized spacial score (nSPS) is 12.6. The Morgan fingerprint density at radius 1 is 1.23 bits per heavy atom. The maximum absolute atomic E-state index is 13.2. The van der Waals surface area contributed by atoms with Gasteiger partial charge >= 0.3 is 12.1 Å². The quantitative estimate of drug-likeness (QED) is 0.876. The summed E-state index contributed by atoms with van der Waals surface area (Å²) in [6, 6.07) is 2.06. The molecule has 1 rings (SSSR count). The highest BCUT2D eigenvalue weighted by molar-refractivity contribution is 5.71. The average molecular weight is 315 g/mol. The van der Waals surface area contributed by atoms with Crippen LogP contribution in [0.1, 0.15) is 32.8 Å². The minimum atomic E-state index is -1.14. The van der Waals surface area contributed by atoms with Gasteiger partial charge in [-0.1, -0.05) is 0 Å². The monoisotopic (exact) mass is 315 g/mol. The van der Waals surface area contributed by atoms with Crippen molar-refractivity contribution in [2.24, 2.45) is 0 Å². The molecule has 5 nitrogen and oxygen atoms in total. The maximum atomic E-state index is 13.2. The number of rotatable bonds is 5. The molecule has 22 heavy (non-hydrogen) atoms. The predicted molar refractivity (Wildman–Crippen MR) is 75.5 cm³/mol. The molecule has 0 heterocycles. The number of amides is 1. The SMILES string of the molecule is CC(C)(C)OC(=O)NC(CC(=O)O)Cc1cc(F)cc(F)c1. The van der Waals surface area contributed by atoms with Crippen LogP contribution in [-0.4, -0.2) is 28.8 Å². The zero-order valence-corrected chi connectivity index (χ0v) is 12.7. The van der Waals surface area contributed by atoms with Crippen LogP contribution in [0, 0.1) is 11.6 Å². The van der Waals surface area contributed by atoms with E-state index in [-0.39, 0.29) is 12.0 Å². The predicted octanol–water partition coefficient (Wildman–Crippen LogP) is 2.88. The fraction of sp³-hybridized carbons (Fsp3) is 0.467. The number of benzene rings is 1. The van der Waals surface area contributed by atoms with Crippen molar-refractivity contribution >= 4 is 12.1 Å². The van der Waals surface area contributed by atoms with E-state index in [9.17, 15) is 18.4 Å². The molecule has 1 aromatic rings. The lowest BCUT2D eigenvalue weighted by Crippen LogP contribution is -2.41. The highest BCUT2D eigenvalue weighted by Gasteiger charge is 2.21. The van der Waals surface area contributed by atoms with Gasteiger partial charge in [0.25, 0.3) is 0 Å². The summed E-state index contributed by atoms with van der Waals surface area (Å²) in [5.74, 6) is -2.67. The van der Waals surface area contributed by atoms with Gasteiger partial charge in [0.05, 0.1) is 6.42 Å². The van der Waals surface area contributed by atoms with Gasteiger partial charge in [-0.15, -0.1) is 0 Å². The summed E-state index contributed by atoms with van der Waals surface area (Å²) < 4.78 is 31.4. The zero-order chi connectivity index (χ0) is 16.9. The van der Waals surface area contributed by atoms with E-state index in [4.69, 9.17) is 9.84 Å². The first kappa shape index (κ1) is 17.9. The molecule has 0 aromatic heterocycles. The Labute approximate surface area is 127 Å². The molecule has 2 N–H and O–H groups in total. The van der Waals surface area contributed by atoms with Crippen LogP contribution < -0.4 is 5.32 Å². The molecular formula is C15H19F2NO4. The van der Waals surface area contributed by atoms with Crippen molar-refractivity contribution in [3.63, 3.8) is 0 Å². The van der Waals surface area contributed by atoms with Gasteiger partial charge in [0.1, 0.15) is 17.2 Å². The largest absolute Gasteiger partial charge is 0.481 e. The number of carbonyl (C=O) groups excluding carboxylic acids is 1. The molecule has 0 fully saturated rings. The van der Waals surface area contributed by atoms with Gasteiger partial charge in [-0.2, -0.15) is 0 Å². The number of ether oxygens (including phenoxy) is 1. The first-order chi connectivity index (χ1) is 10.0. The van der Waals surface area contributed by atoms with Crippen LogP contribution >= 0.6 is 0 Å². The summed E-state index contributed by atoms with van der Waals surface area (Å²) in [4.78, 5) is 22.6. The molecule has 7 heteroatoms. The summed E-state index contributed by atoms with van der Waals surface area (Å²) in [5, 5.41) is 11.3. The Bertz CT molecular complexity index is 535. The number of hydrogen-bond donors (Lipinski definition) is 2. The van der Waals surface area contributed by atoms with Crippen molar-refractivity contribution < 1.29 is 28.2 Å². The maximum Gasteiger partial charge on any atom is 0.407 e. The summed E-state index contributed by atoms with van der Waals surface area (Å²) in [6.07, 6.45) is -1.20. The molecule has 0 aliphatic rings. The molecule has 0 bridgehead atoms. The molecule has 122 valence electrons. The van der Waals surface area contributed by atoms with Gasteiger partial charge < -0.3 is 15.2 Å². The van der Waals surface area contributed by atoms with E-state index in [0.717, 1.165) is 18.2 Å². The molecule has 1 atom stereocenters. The van der Waals surface area contributed by atoms with Crippen LogP contribution in [0.5, 0.6) is 0 Å². The Hall–Kier alpha value is -2.18. The van der Waals surface area contributed by atoms with Crippen LogP contribution in [0.3, 0.4) is 0 Å². The summed E-state index contributed by atoms with van der Waals surface area (Å²) in [6.45, 7) is 5.00. The highest BCUT2D eigenvalue weighted by Crippen LogP contribution is 2.13. The molecular weight excluding hydrogens is 296 g/mol. The van der Waals surface area contributed by atoms with Crippen LogP contribution in [0.25, 0.3) is 0 Å². The van der Waals surface area contributed by atoms with E-state index >= 15 is 0 Å². The second-order valence-electron chi connectivity index (χ2n) is 5.92. The Morgan fingerprint density at radius 3 is 2.23 bits per heavy atom. The number of carbonyl (C=O) groups is 2. The standard InChI is InChI=1S/C15H19F2NO4/c1-15(2,3)22-14(21)18-12(8-13(19)20)6-9-4-10(16)7-11(17)5-9/h4-5,7,12H,6,8H2,1-3H3,(H,18,21)(H,19,20). The fourth-order valence-corrected chi connectivity index (χ4v) is 1.87. The number of aliphatic carboxylic acids is 1. The van der Waals surface area contributed by atoms with E-state index in [0.29, 0.717) is 0 Å². The van der Waals surface area contributed by atoms with Gasteiger partial charge in [0.15, 0.2) is 0 Å². The molecule has 0 aliphatic heterocycles. The third kappa shape index (κ3) is 7.01. The van der Waals surface area contributed by atoms with E-state index in [1.54, 1.807) is 20.8 Å². The zero-order valence-electron chi connectivity index (χ0n) is 12.7.